The molecule has 0 saturated heterocycles. The lowest BCUT2D eigenvalue weighted by Gasteiger charge is -2.24. The normalized spacial score (nSPS) is 13.8. The van der Waals surface area contributed by atoms with Crippen molar-refractivity contribution in [2.24, 2.45) is 0 Å². The third-order valence-corrected chi connectivity index (χ3v) is 4.76. The molecule has 0 unspecified atom stereocenters. The smallest absolute Gasteiger partial charge is 0.269 e. The molecule has 3 rings (SSSR count). The summed E-state index contributed by atoms with van der Waals surface area (Å²) < 4.78 is 16.5. The standard InChI is InChI=1S/C21H22N2O6/c1-14(16-5-4-6-17(13-16)23(25)26)22(2)20(24)8-7-15-11-18(27-3)21-19(12-15)28-9-10-29-21/h4-8,11-14H,9-10H2,1-3H3/b8-7+/t14-/m1/s1. The molecule has 8 heteroatoms. The minimum absolute atomic E-state index is 0.00545. The highest BCUT2D eigenvalue weighted by Crippen LogP contribution is 2.40. The lowest BCUT2D eigenvalue weighted by Crippen LogP contribution is -2.28. The van der Waals surface area contributed by atoms with Crippen LogP contribution in [-0.4, -0.2) is 43.1 Å². The van der Waals surface area contributed by atoms with Crippen molar-refractivity contribution in [2.75, 3.05) is 27.4 Å². The Labute approximate surface area is 168 Å². The van der Waals surface area contributed by atoms with Crippen molar-refractivity contribution in [3.8, 4) is 17.2 Å². The minimum Gasteiger partial charge on any atom is -0.493 e. The van der Waals surface area contributed by atoms with Crippen LogP contribution < -0.4 is 14.2 Å². The second kappa shape index (κ2) is 8.64. The Balaban J connectivity index is 1.76. The Bertz CT molecular complexity index is 939. The molecule has 1 aliphatic rings. The SMILES string of the molecule is COc1cc(/C=C/C(=O)N(C)[C@H](C)c2cccc([N+](=O)[O-])c2)cc2c1OCCO2. The first kappa shape index (κ1) is 20.2. The number of carbonyl (C=O) groups excluding carboxylic acids is 1. The number of nitro benzene ring substituents is 1. The van der Waals surface area contributed by atoms with Crippen molar-refractivity contribution >= 4 is 17.7 Å². The predicted octanol–water partition coefficient (Wildman–Crippen LogP) is 3.61. The van der Waals surface area contributed by atoms with Gasteiger partial charge in [0.15, 0.2) is 11.5 Å². The second-order valence-corrected chi connectivity index (χ2v) is 6.56. The van der Waals surface area contributed by atoms with E-state index in [9.17, 15) is 14.9 Å². The lowest BCUT2D eigenvalue weighted by atomic mass is 10.1. The molecule has 0 N–H and O–H groups in total. The molecule has 0 aromatic heterocycles. The quantitative estimate of drug-likeness (QED) is 0.419. The van der Waals surface area contributed by atoms with Crippen LogP contribution in [0.4, 0.5) is 5.69 Å². The molecule has 1 heterocycles. The number of methoxy groups -OCH3 is 1. The number of non-ortho nitro benzene ring substituents is 1. The van der Waals surface area contributed by atoms with E-state index in [1.54, 1.807) is 44.5 Å². The Morgan fingerprint density at radius 1 is 1.28 bits per heavy atom. The van der Waals surface area contributed by atoms with Gasteiger partial charge in [-0.25, -0.2) is 0 Å². The molecule has 0 saturated carbocycles. The van der Waals surface area contributed by atoms with Crippen molar-refractivity contribution in [1.29, 1.82) is 0 Å². The van der Waals surface area contributed by atoms with E-state index in [0.29, 0.717) is 36.0 Å². The van der Waals surface area contributed by atoms with E-state index in [0.717, 1.165) is 5.56 Å². The average molecular weight is 398 g/mol. The van der Waals surface area contributed by atoms with E-state index in [2.05, 4.69) is 0 Å². The molecule has 0 fully saturated rings. The van der Waals surface area contributed by atoms with Crippen LogP contribution in [0.1, 0.15) is 24.1 Å². The highest BCUT2D eigenvalue weighted by atomic mass is 16.6. The topological polar surface area (TPSA) is 91.1 Å². The molecule has 0 bridgehead atoms. The summed E-state index contributed by atoms with van der Waals surface area (Å²) in [5, 5.41) is 11.0. The first-order chi connectivity index (χ1) is 13.9. The molecular formula is C21H22N2O6. The van der Waals surface area contributed by atoms with Crippen molar-refractivity contribution in [2.45, 2.75) is 13.0 Å². The van der Waals surface area contributed by atoms with E-state index in [1.807, 2.05) is 6.92 Å². The van der Waals surface area contributed by atoms with Crippen LogP contribution in [-0.2, 0) is 4.79 Å². The van der Waals surface area contributed by atoms with E-state index < -0.39 is 4.92 Å². The fraction of sp³-hybridized carbons (Fsp3) is 0.286. The number of fused-ring (bicyclic) bond motifs is 1. The number of hydrogen-bond donors (Lipinski definition) is 0. The van der Waals surface area contributed by atoms with Gasteiger partial charge in [0.2, 0.25) is 11.7 Å². The summed E-state index contributed by atoms with van der Waals surface area (Å²) >= 11 is 0. The van der Waals surface area contributed by atoms with Gasteiger partial charge in [-0.3, -0.25) is 14.9 Å². The zero-order chi connectivity index (χ0) is 21.0. The zero-order valence-corrected chi connectivity index (χ0v) is 16.5. The molecule has 0 radical (unpaired) electrons. The highest BCUT2D eigenvalue weighted by Gasteiger charge is 2.19. The first-order valence-electron chi connectivity index (χ1n) is 9.07. The van der Waals surface area contributed by atoms with Gasteiger partial charge in [0.1, 0.15) is 13.2 Å². The Hall–Kier alpha value is -3.55. The number of carbonyl (C=O) groups is 1. The van der Waals surface area contributed by atoms with Crippen LogP contribution in [0.5, 0.6) is 17.2 Å². The van der Waals surface area contributed by atoms with E-state index >= 15 is 0 Å². The summed E-state index contributed by atoms with van der Waals surface area (Å²) in [6.07, 6.45) is 3.11. The number of benzene rings is 2. The van der Waals surface area contributed by atoms with Crippen LogP contribution in [0.3, 0.4) is 0 Å². The lowest BCUT2D eigenvalue weighted by molar-refractivity contribution is -0.384. The van der Waals surface area contributed by atoms with Gasteiger partial charge in [-0.05, 0) is 36.3 Å². The van der Waals surface area contributed by atoms with Gasteiger partial charge in [0.25, 0.3) is 5.69 Å². The molecule has 8 nitrogen and oxygen atoms in total. The molecule has 1 atom stereocenters. The fourth-order valence-corrected chi connectivity index (χ4v) is 2.99. The number of rotatable bonds is 6. The van der Waals surface area contributed by atoms with Crippen molar-refractivity contribution < 1.29 is 23.9 Å². The van der Waals surface area contributed by atoms with Gasteiger partial charge in [0.05, 0.1) is 18.1 Å². The summed E-state index contributed by atoms with van der Waals surface area (Å²) in [4.78, 5) is 24.7. The monoisotopic (exact) mass is 398 g/mol. The van der Waals surface area contributed by atoms with Crippen molar-refractivity contribution in [3.63, 3.8) is 0 Å². The maximum Gasteiger partial charge on any atom is 0.269 e. The number of nitro groups is 1. The van der Waals surface area contributed by atoms with Crippen molar-refractivity contribution in [1.82, 2.24) is 4.90 Å². The summed E-state index contributed by atoms with van der Waals surface area (Å²) in [6.45, 7) is 2.72. The van der Waals surface area contributed by atoms with Crippen LogP contribution in [0, 0.1) is 10.1 Å². The summed E-state index contributed by atoms with van der Waals surface area (Å²) in [7, 11) is 3.20. The Morgan fingerprint density at radius 3 is 2.76 bits per heavy atom. The molecule has 0 aliphatic carbocycles. The third-order valence-electron chi connectivity index (χ3n) is 4.76. The second-order valence-electron chi connectivity index (χ2n) is 6.56. The average Bonchev–Trinajstić information content (AvgIpc) is 2.75. The van der Waals surface area contributed by atoms with Crippen LogP contribution in [0.25, 0.3) is 6.08 Å². The Kier molecular flexibility index (Phi) is 6.01. The van der Waals surface area contributed by atoms with E-state index in [1.165, 1.54) is 23.1 Å². The molecule has 2 aromatic rings. The molecule has 1 aliphatic heterocycles. The number of likely N-dealkylation sites (N-methyl/N-ethyl adjacent to an activating group) is 1. The van der Waals surface area contributed by atoms with E-state index in [4.69, 9.17) is 14.2 Å². The van der Waals surface area contributed by atoms with Gasteiger partial charge < -0.3 is 19.1 Å². The molecule has 0 spiro atoms. The first-order valence-corrected chi connectivity index (χ1v) is 9.07. The maximum absolute atomic E-state index is 12.6. The minimum atomic E-state index is -0.451. The third kappa shape index (κ3) is 4.48. The summed E-state index contributed by atoms with van der Waals surface area (Å²) in [6, 6.07) is 9.49. The number of hydrogen-bond acceptors (Lipinski definition) is 6. The van der Waals surface area contributed by atoms with Crippen LogP contribution in [0.15, 0.2) is 42.5 Å². The maximum atomic E-state index is 12.6. The molecule has 2 aromatic carbocycles. The molecular weight excluding hydrogens is 376 g/mol. The largest absolute Gasteiger partial charge is 0.493 e. The number of amides is 1. The van der Waals surface area contributed by atoms with Gasteiger partial charge >= 0.3 is 0 Å². The number of ether oxygens (including phenoxy) is 3. The van der Waals surface area contributed by atoms with Gasteiger partial charge in [-0.15, -0.1) is 0 Å². The molecule has 152 valence electrons. The van der Waals surface area contributed by atoms with Gasteiger partial charge in [-0.1, -0.05) is 12.1 Å². The predicted molar refractivity (Wildman–Crippen MR) is 107 cm³/mol. The molecule has 1 amide bonds. The van der Waals surface area contributed by atoms with Crippen molar-refractivity contribution in [3.05, 3.63) is 63.7 Å². The zero-order valence-electron chi connectivity index (χ0n) is 16.5. The van der Waals surface area contributed by atoms with Gasteiger partial charge in [0, 0.05) is 25.3 Å². The van der Waals surface area contributed by atoms with Crippen LogP contribution >= 0.6 is 0 Å². The summed E-state index contributed by atoms with van der Waals surface area (Å²) in [5.74, 6) is 1.42. The fourth-order valence-electron chi connectivity index (χ4n) is 2.99. The highest BCUT2D eigenvalue weighted by molar-refractivity contribution is 5.92. The van der Waals surface area contributed by atoms with Crippen LogP contribution in [0.2, 0.25) is 0 Å². The summed E-state index contributed by atoms with van der Waals surface area (Å²) in [5.41, 5.74) is 1.41. The van der Waals surface area contributed by atoms with E-state index in [-0.39, 0.29) is 17.6 Å². The van der Waals surface area contributed by atoms with Gasteiger partial charge in [-0.2, -0.15) is 0 Å². The Morgan fingerprint density at radius 2 is 2.03 bits per heavy atom. The number of nitrogens with zero attached hydrogens (tertiary/aromatic N) is 2. The molecule has 29 heavy (non-hydrogen) atoms.